The van der Waals surface area contributed by atoms with Crippen molar-refractivity contribution in [1.82, 2.24) is 10.0 Å². The van der Waals surface area contributed by atoms with Gasteiger partial charge in [-0.3, -0.25) is 4.79 Å². The van der Waals surface area contributed by atoms with Gasteiger partial charge in [0, 0.05) is 6.04 Å². The minimum atomic E-state index is -3.29. The summed E-state index contributed by atoms with van der Waals surface area (Å²) in [6.45, 7) is 5.39. The lowest BCUT2D eigenvalue weighted by molar-refractivity contribution is -0.120. The molecule has 0 saturated heterocycles. The summed E-state index contributed by atoms with van der Waals surface area (Å²) in [6, 6.07) is 0.0256. The Labute approximate surface area is 91.7 Å². The van der Waals surface area contributed by atoms with E-state index in [2.05, 4.69) is 10.0 Å². The summed E-state index contributed by atoms with van der Waals surface area (Å²) >= 11 is 0. The normalized spacial score (nSPS) is 11.7. The highest BCUT2D eigenvalue weighted by molar-refractivity contribution is 7.89. The molecule has 90 valence electrons. The molecule has 2 N–H and O–H groups in total. The quantitative estimate of drug-likeness (QED) is 0.664. The van der Waals surface area contributed by atoms with E-state index in [4.69, 9.17) is 0 Å². The summed E-state index contributed by atoms with van der Waals surface area (Å²) in [5.74, 6) is -0.219. The minimum absolute atomic E-state index is 0.0256. The second-order valence-corrected chi connectivity index (χ2v) is 5.64. The standard InChI is InChI=1S/C9H20N2O3S/c1-4-5-6-15(13,14)10-7-9(12)11-8(2)3/h8,10H,4-7H2,1-3H3,(H,11,12). The van der Waals surface area contributed by atoms with Crippen molar-refractivity contribution in [1.29, 1.82) is 0 Å². The fourth-order valence-corrected chi connectivity index (χ4v) is 2.12. The Morgan fingerprint density at radius 3 is 2.40 bits per heavy atom. The van der Waals surface area contributed by atoms with Gasteiger partial charge in [0.25, 0.3) is 0 Å². The average molecular weight is 236 g/mol. The van der Waals surface area contributed by atoms with E-state index in [-0.39, 0.29) is 24.2 Å². The van der Waals surface area contributed by atoms with Crippen molar-refractivity contribution >= 4 is 15.9 Å². The van der Waals surface area contributed by atoms with Gasteiger partial charge in [0.15, 0.2) is 0 Å². The van der Waals surface area contributed by atoms with Crippen molar-refractivity contribution in [3.8, 4) is 0 Å². The molecule has 0 aromatic rings. The molecule has 0 unspecified atom stereocenters. The second kappa shape index (κ2) is 6.79. The molecule has 0 fully saturated rings. The van der Waals surface area contributed by atoms with Crippen LogP contribution in [0.4, 0.5) is 0 Å². The molecule has 0 bridgehead atoms. The number of rotatable bonds is 7. The average Bonchev–Trinajstić information content (AvgIpc) is 2.11. The molecular weight excluding hydrogens is 216 g/mol. The monoisotopic (exact) mass is 236 g/mol. The molecular formula is C9H20N2O3S. The van der Waals surface area contributed by atoms with E-state index in [9.17, 15) is 13.2 Å². The van der Waals surface area contributed by atoms with Crippen LogP contribution in [-0.2, 0) is 14.8 Å². The van der Waals surface area contributed by atoms with Crippen LogP contribution in [0.1, 0.15) is 33.6 Å². The Balaban J connectivity index is 3.88. The van der Waals surface area contributed by atoms with E-state index >= 15 is 0 Å². The molecule has 0 atom stereocenters. The first-order chi connectivity index (χ1) is 6.87. The van der Waals surface area contributed by atoms with Crippen LogP contribution in [0.3, 0.4) is 0 Å². The number of unbranched alkanes of at least 4 members (excludes halogenated alkanes) is 1. The van der Waals surface area contributed by atoms with Crippen molar-refractivity contribution < 1.29 is 13.2 Å². The molecule has 1 amide bonds. The molecule has 0 spiro atoms. The van der Waals surface area contributed by atoms with Crippen LogP contribution in [0.5, 0.6) is 0 Å². The zero-order valence-corrected chi connectivity index (χ0v) is 10.4. The number of amides is 1. The Morgan fingerprint density at radius 1 is 1.33 bits per heavy atom. The summed E-state index contributed by atoms with van der Waals surface area (Å²) in [5.41, 5.74) is 0. The lowest BCUT2D eigenvalue weighted by atomic mass is 10.4. The molecule has 0 radical (unpaired) electrons. The van der Waals surface area contributed by atoms with Crippen molar-refractivity contribution in [3.05, 3.63) is 0 Å². The van der Waals surface area contributed by atoms with Crippen LogP contribution in [0.2, 0.25) is 0 Å². The maximum atomic E-state index is 11.3. The number of hydrogen-bond acceptors (Lipinski definition) is 3. The molecule has 0 saturated carbocycles. The summed E-state index contributed by atoms with van der Waals surface area (Å²) in [4.78, 5) is 11.1. The third kappa shape index (κ3) is 8.38. The summed E-state index contributed by atoms with van der Waals surface area (Å²) in [7, 11) is -3.29. The maximum absolute atomic E-state index is 11.3. The highest BCUT2D eigenvalue weighted by Gasteiger charge is 2.11. The van der Waals surface area contributed by atoms with Crippen LogP contribution in [0.15, 0.2) is 0 Å². The first-order valence-electron chi connectivity index (χ1n) is 5.14. The number of carbonyl (C=O) groups excluding carboxylic acids is 1. The molecule has 0 aromatic carbocycles. The molecule has 0 aliphatic rings. The van der Waals surface area contributed by atoms with E-state index in [0.717, 1.165) is 6.42 Å². The molecule has 15 heavy (non-hydrogen) atoms. The van der Waals surface area contributed by atoms with E-state index < -0.39 is 10.0 Å². The first-order valence-corrected chi connectivity index (χ1v) is 6.79. The Bertz CT molecular complexity index is 286. The van der Waals surface area contributed by atoms with Crippen molar-refractivity contribution in [2.24, 2.45) is 0 Å². The largest absolute Gasteiger partial charge is 0.353 e. The smallest absolute Gasteiger partial charge is 0.235 e. The number of carbonyl (C=O) groups is 1. The van der Waals surface area contributed by atoms with Gasteiger partial charge in [0.2, 0.25) is 15.9 Å². The van der Waals surface area contributed by atoms with Gasteiger partial charge in [-0.15, -0.1) is 0 Å². The van der Waals surface area contributed by atoms with Gasteiger partial charge in [0.05, 0.1) is 12.3 Å². The van der Waals surface area contributed by atoms with Gasteiger partial charge in [-0.05, 0) is 20.3 Å². The SMILES string of the molecule is CCCCS(=O)(=O)NCC(=O)NC(C)C. The molecule has 6 heteroatoms. The minimum Gasteiger partial charge on any atom is -0.353 e. The van der Waals surface area contributed by atoms with Gasteiger partial charge in [-0.25, -0.2) is 13.1 Å². The van der Waals surface area contributed by atoms with Gasteiger partial charge in [-0.1, -0.05) is 13.3 Å². The van der Waals surface area contributed by atoms with E-state index in [1.165, 1.54) is 0 Å². The van der Waals surface area contributed by atoms with Crippen LogP contribution in [0.25, 0.3) is 0 Å². The zero-order chi connectivity index (χ0) is 11.9. The van der Waals surface area contributed by atoms with Gasteiger partial charge < -0.3 is 5.32 Å². The lowest BCUT2D eigenvalue weighted by Gasteiger charge is -2.09. The van der Waals surface area contributed by atoms with Crippen LogP contribution < -0.4 is 10.0 Å². The number of hydrogen-bond donors (Lipinski definition) is 2. The summed E-state index contributed by atoms with van der Waals surface area (Å²) in [5, 5.41) is 2.61. The second-order valence-electron chi connectivity index (χ2n) is 3.72. The maximum Gasteiger partial charge on any atom is 0.235 e. The molecule has 0 aliphatic heterocycles. The van der Waals surface area contributed by atoms with Gasteiger partial charge >= 0.3 is 0 Å². The van der Waals surface area contributed by atoms with Crippen molar-refractivity contribution in [2.75, 3.05) is 12.3 Å². The number of nitrogens with one attached hydrogen (secondary N) is 2. The Kier molecular flexibility index (Phi) is 6.51. The summed E-state index contributed by atoms with van der Waals surface area (Å²) < 4.78 is 24.8. The fourth-order valence-electron chi connectivity index (χ4n) is 0.955. The Morgan fingerprint density at radius 2 is 1.93 bits per heavy atom. The zero-order valence-electron chi connectivity index (χ0n) is 9.54. The van der Waals surface area contributed by atoms with E-state index in [0.29, 0.717) is 6.42 Å². The van der Waals surface area contributed by atoms with Crippen LogP contribution in [-0.4, -0.2) is 32.7 Å². The lowest BCUT2D eigenvalue weighted by Crippen LogP contribution is -2.40. The predicted molar refractivity (Wildman–Crippen MR) is 60.0 cm³/mol. The molecule has 5 nitrogen and oxygen atoms in total. The van der Waals surface area contributed by atoms with Gasteiger partial charge in [0.1, 0.15) is 0 Å². The molecule has 0 aromatic heterocycles. The van der Waals surface area contributed by atoms with Crippen molar-refractivity contribution in [2.45, 2.75) is 39.7 Å². The van der Waals surface area contributed by atoms with Crippen LogP contribution >= 0.6 is 0 Å². The highest BCUT2D eigenvalue weighted by Crippen LogP contribution is 1.92. The van der Waals surface area contributed by atoms with E-state index in [1.54, 1.807) is 0 Å². The topological polar surface area (TPSA) is 75.3 Å². The highest BCUT2D eigenvalue weighted by atomic mass is 32.2. The molecule has 0 rings (SSSR count). The first kappa shape index (κ1) is 14.4. The van der Waals surface area contributed by atoms with E-state index in [1.807, 2.05) is 20.8 Å². The Hall–Kier alpha value is -0.620. The van der Waals surface area contributed by atoms with Gasteiger partial charge in [-0.2, -0.15) is 0 Å². The number of sulfonamides is 1. The van der Waals surface area contributed by atoms with Crippen molar-refractivity contribution in [3.63, 3.8) is 0 Å². The molecule has 0 aliphatic carbocycles. The third-order valence-corrected chi connectivity index (χ3v) is 3.08. The predicted octanol–water partition coefficient (Wildman–Crippen LogP) is 0.231. The summed E-state index contributed by atoms with van der Waals surface area (Å²) in [6.07, 6.45) is 1.43. The molecule has 0 heterocycles. The fraction of sp³-hybridized carbons (Fsp3) is 0.889. The third-order valence-electron chi connectivity index (χ3n) is 1.67. The van der Waals surface area contributed by atoms with Crippen LogP contribution in [0, 0.1) is 0 Å².